The van der Waals surface area contributed by atoms with Crippen molar-refractivity contribution in [1.82, 2.24) is 15.0 Å². The third-order valence-electron chi connectivity index (χ3n) is 7.74. The molecule has 0 unspecified atom stereocenters. The fraction of sp³-hybridized carbons (Fsp3) is 0.161. The minimum absolute atomic E-state index is 0. The van der Waals surface area contributed by atoms with Crippen LogP contribution in [0.4, 0.5) is 29.0 Å². The zero-order chi connectivity index (χ0) is 38.6. The molecular weight excluding hydrogens is 842 g/mol. The van der Waals surface area contributed by atoms with Crippen LogP contribution < -0.4 is 114 Å². The Morgan fingerprint density at radius 3 is 2.35 bits per heavy atom. The molecule has 1 saturated heterocycles. The number of aromatic nitrogens is 4. The maximum Gasteiger partial charge on any atom is 1.00 e. The number of rotatable bonds is 13. The third kappa shape index (κ3) is 11.7. The molecule has 20 nitrogen and oxygen atoms in total. The molecule has 2 aromatic heterocycles. The molecular formula is C31H25N8Na3O12S3. The van der Waals surface area contributed by atoms with Gasteiger partial charge < -0.3 is 46.7 Å². The van der Waals surface area contributed by atoms with E-state index in [1.165, 1.54) is 65.5 Å². The third-order valence-corrected chi connectivity index (χ3v) is 10.8. The molecule has 1 aliphatic rings. The molecule has 0 bridgehead atoms. The van der Waals surface area contributed by atoms with E-state index in [2.05, 4.69) is 46.8 Å². The van der Waals surface area contributed by atoms with E-state index >= 15 is 0 Å². The zero-order valence-corrected chi connectivity index (χ0v) is 38.8. The number of nitrogens with zero attached hydrogens (tertiary/aromatic N) is 7. The summed E-state index contributed by atoms with van der Waals surface area (Å²) in [5.41, 5.74) is -0.706. The molecule has 0 atom stereocenters. The molecule has 5 aromatic rings. The van der Waals surface area contributed by atoms with E-state index in [-0.39, 0.29) is 168 Å². The first kappa shape index (κ1) is 49.0. The number of carbonyl (C=O) groups excluding carboxylic acids is 1. The Hall–Kier alpha value is -2.40. The Balaban J connectivity index is 0.00000290. The van der Waals surface area contributed by atoms with Crippen molar-refractivity contribution < 1.29 is 149 Å². The monoisotopic (exact) mass is 866 g/mol. The molecule has 1 aliphatic heterocycles. The number of azo groups is 1. The predicted molar refractivity (Wildman–Crippen MR) is 182 cm³/mol. The van der Waals surface area contributed by atoms with Crippen molar-refractivity contribution in [2.24, 2.45) is 10.2 Å². The standard InChI is InChI=1S/C31H28N8O12S3.3Na/c1-2-53(44,45)20-7-5-19(6-8-20)36-37-25-24(52-51-50-43)16-22-21(26(25)40)9-10-23(27(22)54(46,47)48)32-29-33-30(38-12-14-49-15-13-38)35-31(34-29)39-11-3-4-18(17-39)28(41)42;;;/h3-11,16-17,40,43H,1-2,12-15H2,(H,41,42)(H,46,47,48)(H,32,33,34,35);;;/q;3*+1/p-3. The summed E-state index contributed by atoms with van der Waals surface area (Å²) in [6.07, 6.45) is 2.67. The Morgan fingerprint density at radius 1 is 1.02 bits per heavy atom. The minimum atomic E-state index is -5.38. The minimum Gasteiger partial charge on any atom is -0.744 e. The number of aromatic carboxylic acids is 1. The number of carboxylic acids is 1. The normalized spacial score (nSPS) is 13.1. The van der Waals surface area contributed by atoms with E-state index in [1.54, 1.807) is 4.90 Å². The number of morpholine rings is 1. The van der Waals surface area contributed by atoms with Gasteiger partial charge in [-0.15, -0.1) is 10.1 Å². The number of fused-ring (bicyclic) bond motifs is 1. The second-order valence-electron chi connectivity index (χ2n) is 11.1. The first-order valence-electron chi connectivity index (χ1n) is 15.3. The molecule has 26 heteroatoms. The number of sulfone groups is 1. The molecule has 0 spiro atoms. The van der Waals surface area contributed by atoms with Gasteiger partial charge in [-0.1, -0.05) is 5.75 Å². The number of carboxylic acid groups (broad SMARTS) is 1. The fourth-order valence-corrected chi connectivity index (χ4v) is 7.28. The number of anilines is 3. The van der Waals surface area contributed by atoms with Gasteiger partial charge in [-0.3, -0.25) is 5.04 Å². The summed E-state index contributed by atoms with van der Waals surface area (Å²) in [5.74, 6) is -2.72. The first-order valence-corrected chi connectivity index (χ1v) is 19.1. The Kier molecular flexibility index (Phi) is 18.2. The van der Waals surface area contributed by atoms with Gasteiger partial charge in [0.2, 0.25) is 0 Å². The summed E-state index contributed by atoms with van der Waals surface area (Å²) >= 11 is 0.220. The Labute approximate surface area is 395 Å². The van der Waals surface area contributed by atoms with Crippen molar-refractivity contribution in [3.63, 3.8) is 0 Å². The molecule has 6 rings (SSSR count). The van der Waals surface area contributed by atoms with Gasteiger partial charge in [0.1, 0.15) is 15.8 Å². The van der Waals surface area contributed by atoms with Crippen molar-refractivity contribution in [3.8, 4) is 11.7 Å². The molecule has 282 valence electrons. The van der Waals surface area contributed by atoms with E-state index in [0.717, 1.165) is 6.07 Å². The van der Waals surface area contributed by atoms with Crippen LogP contribution in [0.5, 0.6) is 5.75 Å². The van der Waals surface area contributed by atoms with Crippen LogP contribution in [-0.4, -0.2) is 79.5 Å². The molecule has 3 aromatic carbocycles. The van der Waals surface area contributed by atoms with Gasteiger partial charge in [0, 0.05) is 29.4 Å². The van der Waals surface area contributed by atoms with E-state index in [4.69, 9.17) is 4.74 Å². The second-order valence-corrected chi connectivity index (χ2v) is 15.2. The van der Waals surface area contributed by atoms with Crippen molar-refractivity contribution in [3.05, 3.63) is 79.5 Å². The number of pyridine rings is 1. The van der Waals surface area contributed by atoms with Crippen molar-refractivity contribution in [2.45, 2.75) is 14.7 Å². The summed E-state index contributed by atoms with van der Waals surface area (Å²) in [5, 5.41) is 47.3. The van der Waals surface area contributed by atoms with Gasteiger partial charge in [0.25, 0.3) is 0 Å². The number of phenolic OH excluding ortho intramolecular Hbond substituents is 1. The van der Waals surface area contributed by atoms with Gasteiger partial charge in [-0.05, 0) is 64.6 Å². The van der Waals surface area contributed by atoms with Crippen LogP contribution in [0.3, 0.4) is 0 Å². The van der Waals surface area contributed by atoms with Crippen LogP contribution in [0.15, 0.2) is 91.9 Å². The van der Waals surface area contributed by atoms with Crippen LogP contribution >= 0.6 is 12.0 Å². The van der Waals surface area contributed by atoms with Crippen molar-refractivity contribution in [2.75, 3.05) is 42.3 Å². The number of hydrogen-bond donors (Lipinski definition) is 2. The van der Waals surface area contributed by atoms with Gasteiger partial charge in [0.15, 0.2) is 15.6 Å². The SMILES string of the molecule is [CH2-]CS(=O)(=O)c1ccc(N=Nc2c(SOO[O-])cc3c(S(=O)(=O)[O-])c(Nc4nc(N5CCOCC5)nc(-[n+]5cccc(C(=O)[O-])c5)n4)ccc3c2O)cc1.[Na+].[Na+].[Na+]. The molecule has 2 N–H and O–H groups in total. The van der Waals surface area contributed by atoms with Gasteiger partial charge in [-0.2, -0.15) is 9.45 Å². The van der Waals surface area contributed by atoms with Crippen molar-refractivity contribution >= 4 is 77.7 Å². The molecule has 0 radical (unpaired) electrons. The number of ether oxygens (including phenoxy) is 1. The summed E-state index contributed by atoms with van der Waals surface area (Å²) in [4.78, 5) is 25.4. The molecule has 0 aliphatic carbocycles. The van der Waals surface area contributed by atoms with E-state index < -0.39 is 36.6 Å². The van der Waals surface area contributed by atoms with Crippen LogP contribution in [0.1, 0.15) is 10.4 Å². The summed E-state index contributed by atoms with van der Waals surface area (Å²) in [6.45, 7) is 4.84. The maximum atomic E-state index is 12.9. The Morgan fingerprint density at radius 2 is 1.72 bits per heavy atom. The Bertz CT molecular complexity index is 2500. The quantitative estimate of drug-likeness (QED) is 0.0162. The smallest absolute Gasteiger partial charge is 0.744 e. The molecule has 57 heavy (non-hydrogen) atoms. The second kappa shape index (κ2) is 21.2. The van der Waals surface area contributed by atoms with Crippen LogP contribution in [-0.2, 0) is 34.1 Å². The predicted octanol–water partition coefficient (Wildman–Crippen LogP) is -7.88. The summed E-state index contributed by atoms with van der Waals surface area (Å²) < 4.78 is 74.0. The van der Waals surface area contributed by atoms with Crippen molar-refractivity contribution in [1.29, 1.82) is 0 Å². The van der Waals surface area contributed by atoms with Crippen LogP contribution in [0.25, 0.3) is 16.7 Å². The molecule has 0 saturated carbocycles. The summed E-state index contributed by atoms with van der Waals surface area (Å²) in [6, 6.07) is 11.5. The van der Waals surface area contributed by atoms with Crippen LogP contribution in [0.2, 0.25) is 0 Å². The number of nitrogens with one attached hydrogen (secondary N) is 1. The van der Waals surface area contributed by atoms with Gasteiger partial charge in [-0.25, -0.2) is 21.4 Å². The zero-order valence-electron chi connectivity index (χ0n) is 30.4. The average Bonchev–Trinajstić information content (AvgIpc) is 3.16. The van der Waals surface area contributed by atoms with Gasteiger partial charge >= 0.3 is 107 Å². The number of hydrogen-bond acceptors (Lipinski definition) is 20. The van der Waals surface area contributed by atoms with E-state index in [0.29, 0.717) is 26.3 Å². The maximum absolute atomic E-state index is 12.9. The van der Waals surface area contributed by atoms with Crippen LogP contribution in [0, 0.1) is 6.92 Å². The summed E-state index contributed by atoms with van der Waals surface area (Å²) in [7, 11) is -8.98. The van der Waals surface area contributed by atoms with E-state index in [1.807, 2.05) is 0 Å². The topological polar surface area (TPSA) is 285 Å². The number of phenols is 1. The number of carbonyl (C=O) groups is 1. The number of aromatic hydroxyl groups is 1. The van der Waals surface area contributed by atoms with Gasteiger partial charge in [0.05, 0.1) is 69.7 Å². The molecule has 3 heterocycles. The van der Waals surface area contributed by atoms with E-state index in [9.17, 15) is 41.7 Å². The largest absolute Gasteiger partial charge is 1.00 e. The first-order chi connectivity index (χ1) is 25.8. The average molecular weight is 867 g/mol. The molecule has 0 amide bonds. The fourth-order valence-electron chi connectivity index (χ4n) is 5.19. The number of benzene rings is 3. The molecule has 1 fully saturated rings.